The van der Waals surface area contributed by atoms with Gasteiger partial charge >= 0.3 is 0 Å². The lowest BCUT2D eigenvalue weighted by Crippen LogP contribution is -2.45. The lowest BCUT2D eigenvalue weighted by atomic mass is 10.1. The summed E-state index contributed by atoms with van der Waals surface area (Å²) in [5, 5.41) is 13.7. The van der Waals surface area contributed by atoms with Crippen LogP contribution in [0.4, 0.5) is 5.69 Å². The zero-order chi connectivity index (χ0) is 13.9. The van der Waals surface area contributed by atoms with Crippen molar-refractivity contribution >= 4 is 34.8 Å². The molecule has 1 rings (SSSR count). The Morgan fingerprint density at radius 3 is 2.61 bits per heavy atom. The second-order valence-electron chi connectivity index (χ2n) is 4.39. The van der Waals surface area contributed by atoms with Crippen LogP contribution in [0.25, 0.3) is 0 Å². The maximum absolute atomic E-state index is 11.9. The maximum atomic E-state index is 11.9. The Morgan fingerprint density at radius 2 is 2.11 bits per heavy atom. The van der Waals surface area contributed by atoms with Crippen molar-refractivity contribution in [1.29, 1.82) is 0 Å². The quantitative estimate of drug-likeness (QED) is 0.526. The summed E-state index contributed by atoms with van der Waals surface area (Å²) in [4.78, 5) is 22.1. The van der Waals surface area contributed by atoms with Crippen molar-refractivity contribution < 1.29 is 9.72 Å². The highest BCUT2D eigenvalue weighted by Crippen LogP contribution is 2.23. The summed E-state index contributed by atoms with van der Waals surface area (Å²) in [7, 11) is 0. The predicted molar refractivity (Wildman–Crippen MR) is 70.4 cm³/mol. The normalized spacial score (nSPS) is 11.1. The molecule has 0 aliphatic carbocycles. The summed E-state index contributed by atoms with van der Waals surface area (Å²) < 4.78 is 0. The number of benzene rings is 1. The van der Waals surface area contributed by atoms with Crippen LogP contribution < -0.4 is 5.32 Å². The number of nitro groups is 1. The minimum atomic E-state index is -0.647. The zero-order valence-corrected chi connectivity index (χ0v) is 11.4. The average molecular weight is 291 g/mol. The minimum absolute atomic E-state index is 0.0393. The number of alkyl halides is 1. The summed E-state index contributed by atoms with van der Waals surface area (Å²) in [5.74, 6) is -0.357. The van der Waals surface area contributed by atoms with Gasteiger partial charge in [0.1, 0.15) is 5.56 Å². The Labute approximate surface area is 114 Å². The topological polar surface area (TPSA) is 72.2 Å². The molecule has 18 heavy (non-hydrogen) atoms. The molecule has 1 N–H and O–H groups in total. The van der Waals surface area contributed by atoms with Gasteiger partial charge in [-0.25, -0.2) is 0 Å². The smallest absolute Gasteiger partial charge is 0.283 e. The van der Waals surface area contributed by atoms with Gasteiger partial charge in [-0.1, -0.05) is 11.6 Å². The summed E-state index contributed by atoms with van der Waals surface area (Å²) >= 11 is 11.4. The Morgan fingerprint density at radius 1 is 1.50 bits per heavy atom. The van der Waals surface area contributed by atoms with Gasteiger partial charge in [0.25, 0.3) is 11.6 Å². The van der Waals surface area contributed by atoms with Gasteiger partial charge in [-0.3, -0.25) is 14.9 Å². The Bertz CT molecular complexity index is 489. The van der Waals surface area contributed by atoms with Gasteiger partial charge in [0.05, 0.1) is 4.92 Å². The van der Waals surface area contributed by atoms with E-state index in [0.717, 1.165) is 6.07 Å². The summed E-state index contributed by atoms with van der Waals surface area (Å²) in [6, 6.07) is 3.89. The highest BCUT2D eigenvalue weighted by Gasteiger charge is 2.25. The molecular formula is C11H12Cl2N2O3. The number of nitrogens with one attached hydrogen (secondary N) is 1. The van der Waals surface area contributed by atoms with Gasteiger partial charge < -0.3 is 5.32 Å². The van der Waals surface area contributed by atoms with E-state index in [9.17, 15) is 14.9 Å². The molecular weight excluding hydrogens is 279 g/mol. The SMILES string of the molecule is CC(C)(CCl)NC(=O)c1ccc(Cl)cc1[N+](=O)[O-]. The molecule has 0 bridgehead atoms. The van der Waals surface area contributed by atoms with Crippen LogP contribution in [-0.4, -0.2) is 22.2 Å². The zero-order valence-electron chi connectivity index (χ0n) is 9.87. The van der Waals surface area contributed by atoms with Crippen LogP contribution in [0.3, 0.4) is 0 Å². The third kappa shape index (κ3) is 3.58. The predicted octanol–water partition coefficient (Wildman–Crippen LogP) is 3.00. The number of carbonyl (C=O) groups is 1. The van der Waals surface area contributed by atoms with Crippen LogP contribution in [0.2, 0.25) is 5.02 Å². The van der Waals surface area contributed by atoms with Crippen LogP contribution >= 0.6 is 23.2 Å². The molecule has 1 amide bonds. The van der Waals surface area contributed by atoms with E-state index in [4.69, 9.17) is 23.2 Å². The Hall–Kier alpha value is -1.33. The first-order valence-corrected chi connectivity index (χ1v) is 6.00. The highest BCUT2D eigenvalue weighted by molar-refractivity contribution is 6.31. The van der Waals surface area contributed by atoms with Crippen molar-refractivity contribution in [3.05, 3.63) is 38.9 Å². The van der Waals surface area contributed by atoms with Gasteiger partial charge in [0, 0.05) is 22.5 Å². The first-order chi connectivity index (χ1) is 8.26. The van der Waals surface area contributed by atoms with E-state index < -0.39 is 16.4 Å². The molecule has 0 saturated carbocycles. The number of nitro benzene ring substituents is 1. The number of halogens is 2. The van der Waals surface area contributed by atoms with E-state index in [-0.39, 0.29) is 22.2 Å². The number of carbonyl (C=O) groups excluding carboxylic acids is 1. The van der Waals surface area contributed by atoms with Gasteiger partial charge in [-0.15, -0.1) is 11.6 Å². The van der Waals surface area contributed by atoms with E-state index in [2.05, 4.69) is 5.32 Å². The second kappa shape index (κ2) is 5.54. The molecule has 0 unspecified atom stereocenters. The molecule has 0 aliphatic heterocycles. The van der Waals surface area contributed by atoms with Gasteiger partial charge in [0.15, 0.2) is 0 Å². The first kappa shape index (κ1) is 14.7. The third-order valence-corrected chi connectivity index (χ3v) is 3.09. The van der Waals surface area contributed by atoms with Crippen LogP contribution in [0, 0.1) is 10.1 Å². The van der Waals surface area contributed by atoms with Crippen molar-refractivity contribution in [2.24, 2.45) is 0 Å². The van der Waals surface area contributed by atoms with Crippen LogP contribution in [0.15, 0.2) is 18.2 Å². The molecule has 0 saturated heterocycles. The number of hydrogen-bond donors (Lipinski definition) is 1. The van der Waals surface area contributed by atoms with E-state index in [1.807, 2.05) is 0 Å². The fourth-order valence-electron chi connectivity index (χ4n) is 1.26. The van der Waals surface area contributed by atoms with Gasteiger partial charge in [0.2, 0.25) is 0 Å². The molecule has 0 aliphatic rings. The molecule has 0 atom stereocenters. The molecule has 0 heterocycles. The molecule has 5 nitrogen and oxygen atoms in total. The largest absolute Gasteiger partial charge is 0.346 e. The van der Waals surface area contributed by atoms with Crippen molar-refractivity contribution in [2.45, 2.75) is 19.4 Å². The van der Waals surface area contributed by atoms with Crippen LogP contribution in [0.5, 0.6) is 0 Å². The summed E-state index contributed by atoms with van der Waals surface area (Å²) in [5.41, 5.74) is -1.01. The first-order valence-electron chi connectivity index (χ1n) is 5.09. The second-order valence-corrected chi connectivity index (χ2v) is 5.09. The van der Waals surface area contributed by atoms with Crippen molar-refractivity contribution in [1.82, 2.24) is 5.32 Å². The Balaban J connectivity index is 3.10. The molecule has 1 aromatic carbocycles. The van der Waals surface area contributed by atoms with Crippen molar-refractivity contribution in [2.75, 3.05) is 5.88 Å². The van der Waals surface area contributed by atoms with Crippen LogP contribution in [0.1, 0.15) is 24.2 Å². The number of amides is 1. The molecule has 0 aromatic heterocycles. The van der Waals surface area contributed by atoms with E-state index in [1.54, 1.807) is 13.8 Å². The molecule has 0 radical (unpaired) electrons. The van der Waals surface area contributed by atoms with Gasteiger partial charge in [-0.2, -0.15) is 0 Å². The van der Waals surface area contributed by atoms with E-state index in [0.29, 0.717) is 0 Å². The summed E-state index contributed by atoms with van der Waals surface area (Å²) in [6.07, 6.45) is 0. The fourth-order valence-corrected chi connectivity index (χ4v) is 1.49. The number of hydrogen-bond acceptors (Lipinski definition) is 3. The Kier molecular flexibility index (Phi) is 4.53. The monoisotopic (exact) mass is 290 g/mol. The van der Waals surface area contributed by atoms with E-state index >= 15 is 0 Å². The van der Waals surface area contributed by atoms with Gasteiger partial charge in [-0.05, 0) is 26.0 Å². The standard InChI is InChI=1S/C11H12Cl2N2O3/c1-11(2,6-12)14-10(16)8-4-3-7(13)5-9(8)15(17)18/h3-5H,6H2,1-2H3,(H,14,16). The lowest BCUT2D eigenvalue weighted by molar-refractivity contribution is -0.385. The molecule has 98 valence electrons. The maximum Gasteiger partial charge on any atom is 0.283 e. The minimum Gasteiger partial charge on any atom is -0.346 e. The molecule has 1 aromatic rings. The molecule has 7 heteroatoms. The van der Waals surface area contributed by atoms with Crippen molar-refractivity contribution in [3.8, 4) is 0 Å². The molecule has 0 spiro atoms. The summed E-state index contributed by atoms with van der Waals surface area (Å²) in [6.45, 7) is 3.44. The average Bonchev–Trinajstić information content (AvgIpc) is 2.28. The molecule has 0 fully saturated rings. The lowest BCUT2D eigenvalue weighted by Gasteiger charge is -2.23. The highest BCUT2D eigenvalue weighted by atomic mass is 35.5. The number of rotatable bonds is 4. The van der Waals surface area contributed by atoms with E-state index in [1.165, 1.54) is 12.1 Å². The van der Waals surface area contributed by atoms with Crippen molar-refractivity contribution in [3.63, 3.8) is 0 Å². The number of nitrogens with zero attached hydrogens (tertiary/aromatic N) is 1. The van der Waals surface area contributed by atoms with Crippen LogP contribution in [-0.2, 0) is 0 Å². The fraction of sp³-hybridized carbons (Fsp3) is 0.364. The third-order valence-electron chi connectivity index (χ3n) is 2.19.